The van der Waals surface area contributed by atoms with E-state index in [9.17, 15) is 4.79 Å². The van der Waals surface area contributed by atoms with Crippen LogP contribution in [0.15, 0.2) is 0 Å². The molecule has 0 spiro atoms. The third-order valence-corrected chi connectivity index (χ3v) is 4.92. The van der Waals surface area contributed by atoms with E-state index < -0.39 is 14.3 Å². The molecule has 0 aromatic rings. The summed E-state index contributed by atoms with van der Waals surface area (Å²) in [6, 6.07) is -0.481. The van der Waals surface area contributed by atoms with Crippen molar-refractivity contribution in [1.82, 2.24) is 9.73 Å². The van der Waals surface area contributed by atoms with E-state index in [-0.39, 0.29) is 5.97 Å². The van der Waals surface area contributed by atoms with E-state index in [0.29, 0.717) is 13.0 Å². The molecule has 0 saturated carbocycles. The Morgan fingerprint density at radius 3 is 2.84 bits per heavy atom. The molecule has 2 N–H and O–H groups in total. The van der Waals surface area contributed by atoms with E-state index in [0.717, 1.165) is 32.2 Å². The van der Waals surface area contributed by atoms with Crippen molar-refractivity contribution in [2.45, 2.75) is 39.2 Å². The largest absolute Gasteiger partial charge is 0.465 e. The van der Waals surface area contributed by atoms with Gasteiger partial charge in [0.05, 0.1) is 13.3 Å². The van der Waals surface area contributed by atoms with E-state index in [4.69, 9.17) is 15.1 Å². The quantitative estimate of drug-likeness (QED) is 0.415. The molecule has 112 valence electrons. The van der Waals surface area contributed by atoms with Gasteiger partial charge in [0.2, 0.25) is 0 Å². The van der Waals surface area contributed by atoms with Crippen LogP contribution in [-0.4, -0.2) is 54.8 Å². The highest BCUT2D eigenvalue weighted by molar-refractivity contribution is 7.50. The number of rotatable bonds is 8. The Hall–Kier alpha value is -0.260. The van der Waals surface area contributed by atoms with Crippen molar-refractivity contribution in [1.29, 1.82) is 0 Å². The molecule has 1 aliphatic heterocycles. The Morgan fingerprint density at radius 1 is 1.47 bits per heavy atom. The van der Waals surface area contributed by atoms with Crippen LogP contribution in [0, 0.1) is 0 Å². The number of ether oxygens (including phenoxy) is 1. The number of carbonyl (C=O) groups is 1. The van der Waals surface area contributed by atoms with Gasteiger partial charge >= 0.3 is 5.97 Å². The van der Waals surface area contributed by atoms with Gasteiger partial charge in [-0.25, -0.2) is 4.67 Å². The minimum Gasteiger partial charge on any atom is -0.465 e. The molecule has 1 heterocycles. The average molecular weight is 291 g/mol. The van der Waals surface area contributed by atoms with Crippen LogP contribution in [0.25, 0.3) is 0 Å². The highest BCUT2D eigenvalue weighted by Crippen LogP contribution is 2.46. The molecule has 1 saturated heterocycles. The van der Waals surface area contributed by atoms with Gasteiger partial charge < -0.3 is 10.5 Å². The molecular weight excluding hydrogens is 265 g/mol. The summed E-state index contributed by atoms with van der Waals surface area (Å²) in [5.74, 6) is -0.289. The minimum atomic E-state index is -0.481. The first kappa shape index (κ1) is 16.8. The van der Waals surface area contributed by atoms with Gasteiger partial charge in [-0.15, -0.1) is 0 Å². The van der Waals surface area contributed by atoms with Gasteiger partial charge in [0.15, 0.2) is 0 Å². The maximum atomic E-state index is 11.4. The molecule has 0 amide bonds. The predicted octanol–water partition coefficient (Wildman–Crippen LogP) is 1.52. The van der Waals surface area contributed by atoms with Gasteiger partial charge in [-0.2, -0.15) is 5.06 Å². The number of nitrogens with two attached hydrogens (primary N) is 1. The monoisotopic (exact) mass is 291 g/mol. The second-order valence-electron chi connectivity index (χ2n) is 4.60. The number of nitrogens with zero attached hydrogens (tertiary/aromatic N) is 2. The van der Waals surface area contributed by atoms with Crippen LogP contribution in [0.5, 0.6) is 0 Å². The van der Waals surface area contributed by atoms with Crippen molar-refractivity contribution >= 4 is 14.3 Å². The SMILES string of the molecule is CCOC(=O)C(N)CCCCN1CN(C)OP1CC. The lowest BCUT2D eigenvalue weighted by molar-refractivity contribution is -0.144. The zero-order chi connectivity index (χ0) is 14.3. The zero-order valence-corrected chi connectivity index (χ0v) is 13.1. The van der Waals surface area contributed by atoms with Crippen LogP contribution in [-0.2, 0) is 14.2 Å². The summed E-state index contributed by atoms with van der Waals surface area (Å²) < 4.78 is 12.9. The molecule has 2 unspecified atom stereocenters. The van der Waals surface area contributed by atoms with E-state index in [1.54, 1.807) is 6.92 Å². The minimum absolute atomic E-state index is 0.289. The van der Waals surface area contributed by atoms with Crippen LogP contribution in [0.3, 0.4) is 0 Å². The Balaban J connectivity index is 2.15. The maximum Gasteiger partial charge on any atom is 0.322 e. The topological polar surface area (TPSA) is 68.0 Å². The van der Waals surface area contributed by atoms with Crippen LogP contribution in [0.2, 0.25) is 0 Å². The highest BCUT2D eigenvalue weighted by atomic mass is 31.2. The fourth-order valence-corrected chi connectivity index (χ4v) is 3.68. The van der Waals surface area contributed by atoms with E-state index in [1.807, 2.05) is 12.1 Å². The Morgan fingerprint density at radius 2 is 2.21 bits per heavy atom. The molecular formula is C12H26N3O3P. The highest BCUT2D eigenvalue weighted by Gasteiger charge is 2.28. The van der Waals surface area contributed by atoms with Gasteiger partial charge in [0.1, 0.15) is 14.3 Å². The van der Waals surface area contributed by atoms with Crippen LogP contribution in [0.4, 0.5) is 0 Å². The maximum absolute atomic E-state index is 11.4. The molecule has 19 heavy (non-hydrogen) atoms. The summed E-state index contributed by atoms with van der Waals surface area (Å²) in [5, 5.41) is 1.89. The Labute approximate surface area is 117 Å². The number of hydrogen-bond acceptors (Lipinski definition) is 6. The van der Waals surface area contributed by atoms with Crippen molar-refractivity contribution in [2.24, 2.45) is 5.73 Å². The predicted molar refractivity (Wildman–Crippen MR) is 76.3 cm³/mol. The van der Waals surface area contributed by atoms with Crippen molar-refractivity contribution in [2.75, 3.05) is 33.0 Å². The summed E-state index contributed by atoms with van der Waals surface area (Å²) >= 11 is 0. The smallest absolute Gasteiger partial charge is 0.322 e. The molecule has 6 nitrogen and oxygen atoms in total. The summed E-state index contributed by atoms with van der Waals surface area (Å²) in [6.45, 7) is 6.20. The van der Waals surface area contributed by atoms with Crippen molar-refractivity contribution in [3.05, 3.63) is 0 Å². The van der Waals surface area contributed by atoms with Crippen molar-refractivity contribution < 1.29 is 14.2 Å². The third-order valence-electron chi connectivity index (χ3n) is 2.95. The average Bonchev–Trinajstić information content (AvgIpc) is 2.75. The first-order valence-electron chi connectivity index (χ1n) is 6.92. The normalized spacial score (nSPS) is 22.6. The van der Waals surface area contributed by atoms with Gasteiger partial charge in [-0.3, -0.25) is 9.42 Å². The molecule has 1 rings (SSSR count). The van der Waals surface area contributed by atoms with Gasteiger partial charge in [0.25, 0.3) is 0 Å². The summed E-state index contributed by atoms with van der Waals surface area (Å²) in [7, 11) is 1.50. The van der Waals surface area contributed by atoms with Gasteiger partial charge in [-0.05, 0) is 19.8 Å². The van der Waals surface area contributed by atoms with Gasteiger partial charge in [0, 0.05) is 19.8 Å². The number of hydrogen-bond donors (Lipinski definition) is 1. The van der Waals surface area contributed by atoms with E-state index in [2.05, 4.69) is 11.6 Å². The second kappa shape index (κ2) is 8.82. The molecule has 0 bridgehead atoms. The Kier molecular flexibility index (Phi) is 7.80. The molecule has 0 radical (unpaired) electrons. The standard InChI is InChI=1S/C12H26N3O3P/c1-4-17-12(16)11(13)8-6-7-9-15-10-14(3)18-19(15)5-2/h11H,4-10,13H2,1-3H3. The molecule has 0 aromatic carbocycles. The lowest BCUT2D eigenvalue weighted by Crippen LogP contribution is -2.32. The molecule has 1 aliphatic rings. The fourth-order valence-electron chi connectivity index (χ4n) is 2.00. The first-order chi connectivity index (χ1) is 9.08. The number of hydroxylamine groups is 2. The molecule has 1 fully saturated rings. The summed E-state index contributed by atoms with van der Waals surface area (Å²) in [5.41, 5.74) is 5.76. The van der Waals surface area contributed by atoms with E-state index in [1.165, 1.54) is 0 Å². The number of esters is 1. The molecule has 2 atom stereocenters. The van der Waals surface area contributed by atoms with Crippen molar-refractivity contribution in [3.63, 3.8) is 0 Å². The summed E-state index contributed by atoms with van der Waals surface area (Å²) in [6.07, 6.45) is 3.70. The van der Waals surface area contributed by atoms with Crippen molar-refractivity contribution in [3.8, 4) is 0 Å². The zero-order valence-electron chi connectivity index (χ0n) is 12.2. The van der Waals surface area contributed by atoms with Crippen LogP contribution < -0.4 is 5.73 Å². The number of unbranched alkanes of at least 4 members (excludes halogenated alkanes) is 1. The lowest BCUT2D eigenvalue weighted by atomic mass is 10.1. The summed E-state index contributed by atoms with van der Waals surface area (Å²) in [4.78, 5) is 11.4. The fraction of sp³-hybridized carbons (Fsp3) is 0.917. The third kappa shape index (κ3) is 5.71. The van der Waals surface area contributed by atoms with E-state index >= 15 is 0 Å². The van der Waals surface area contributed by atoms with Crippen LogP contribution in [0.1, 0.15) is 33.1 Å². The van der Waals surface area contributed by atoms with Gasteiger partial charge in [-0.1, -0.05) is 13.3 Å². The number of carbonyl (C=O) groups excluding carboxylic acids is 1. The van der Waals surface area contributed by atoms with Crippen LogP contribution >= 0.6 is 8.30 Å². The lowest BCUT2D eigenvalue weighted by Gasteiger charge is -2.19. The molecule has 0 aromatic heterocycles. The Bertz CT molecular complexity index is 281. The first-order valence-corrected chi connectivity index (χ1v) is 8.32. The second-order valence-corrected chi connectivity index (χ2v) is 6.67. The molecule has 7 heteroatoms. The molecule has 0 aliphatic carbocycles.